The van der Waals surface area contributed by atoms with Crippen molar-refractivity contribution in [3.63, 3.8) is 0 Å². The molecule has 0 atom stereocenters. The van der Waals surface area contributed by atoms with Crippen LogP contribution < -0.4 is 4.74 Å². The molecule has 1 saturated heterocycles. The molecule has 4 heteroatoms. The maximum atomic E-state index is 5.11. The van der Waals surface area contributed by atoms with Crippen LogP contribution in [0.15, 0.2) is 16.6 Å². The summed E-state index contributed by atoms with van der Waals surface area (Å²) < 4.78 is 11.2. The average Bonchev–Trinajstić information content (AvgIpc) is 2.00. The second-order valence-electron chi connectivity index (χ2n) is 2.99. The molecule has 1 aliphatic rings. The quantitative estimate of drug-likeness (QED) is 0.796. The molecule has 1 aliphatic heterocycles. The van der Waals surface area contributed by atoms with Crippen molar-refractivity contribution < 1.29 is 9.47 Å². The van der Waals surface area contributed by atoms with Gasteiger partial charge in [0.1, 0.15) is 0 Å². The van der Waals surface area contributed by atoms with Crippen LogP contribution in [0.25, 0.3) is 0 Å². The van der Waals surface area contributed by atoms with Gasteiger partial charge >= 0.3 is 0 Å². The molecule has 2 heterocycles. The molecule has 1 fully saturated rings. The standard InChI is InChI=1S/C9H10BrNO2/c1-12-9-3-7(10)2-8(11-9)6-4-13-5-6/h2-3,6H,4-5H2,1H3. The molecule has 3 nitrogen and oxygen atoms in total. The molecule has 0 saturated carbocycles. The minimum atomic E-state index is 0.436. The van der Waals surface area contributed by atoms with E-state index in [9.17, 15) is 0 Å². The fourth-order valence-corrected chi connectivity index (χ4v) is 1.64. The van der Waals surface area contributed by atoms with E-state index in [1.165, 1.54) is 0 Å². The summed E-state index contributed by atoms with van der Waals surface area (Å²) in [4.78, 5) is 4.34. The fourth-order valence-electron chi connectivity index (χ4n) is 1.21. The van der Waals surface area contributed by atoms with Crippen molar-refractivity contribution in [2.45, 2.75) is 5.92 Å². The smallest absolute Gasteiger partial charge is 0.214 e. The molecule has 0 amide bonds. The molecule has 1 aromatic rings. The molecule has 0 aromatic carbocycles. The molecule has 0 unspecified atom stereocenters. The molecular formula is C9H10BrNO2. The Morgan fingerprint density at radius 1 is 1.54 bits per heavy atom. The Bertz CT molecular complexity index is 312. The van der Waals surface area contributed by atoms with E-state index < -0.39 is 0 Å². The van der Waals surface area contributed by atoms with Crippen molar-refractivity contribution in [3.8, 4) is 5.88 Å². The molecule has 70 valence electrons. The van der Waals surface area contributed by atoms with Gasteiger partial charge in [-0.05, 0) is 6.07 Å². The Morgan fingerprint density at radius 2 is 2.31 bits per heavy atom. The zero-order valence-corrected chi connectivity index (χ0v) is 8.87. The highest BCUT2D eigenvalue weighted by Gasteiger charge is 2.22. The average molecular weight is 244 g/mol. The number of aromatic nitrogens is 1. The third kappa shape index (κ3) is 1.84. The molecule has 0 aliphatic carbocycles. The molecule has 0 radical (unpaired) electrons. The largest absolute Gasteiger partial charge is 0.481 e. The second kappa shape index (κ2) is 3.64. The maximum Gasteiger partial charge on any atom is 0.214 e. The van der Waals surface area contributed by atoms with Crippen molar-refractivity contribution in [2.24, 2.45) is 0 Å². The third-order valence-electron chi connectivity index (χ3n) is 2.05. The number of rotatable bonds is 2. The summed E-state index contributed by atoms with van der Waals surface area (Å²) in [6, 6.07) is 3.86. The van der Waals surface area contributed by atoms with E-state index >= 15 is 0 Å². The number of nitrogens with zero attached hydrogens (tertiary/aromatic N) is 1. The van der Waals surface area contributed by atoms with Crippen LogP contribution >= 0.6 is 15.9 Å². The van der Waals surface area contributed by atoms with E-state index in [1.807, 2.05) is 12.1 Å². The topological polar surface area (TPSA) is 31.4 Å². The minimum Gasteiger partial charge on any atom is -0.481 e. The van der Waals surface area contributed by atoms with E-state index in [1.54, 1.807) is 7.11 Å². The first-order valence-electron chi connectivity index (χ1n) is 4.09. The van der Waals surface area contributed by atoms with Crippen LogP contribution in [0.1, 0.15) is 11.6 Å². The fraction of sp³-hybridized carbons (Fsp3) is 0.444. The number of ether oxygens (including phenoxy) is 2. The lowest BCUT2D eigenvalue weighted by Crippen LogP contribution is -2.26. The van der Waals surface area contributed by atoms with Crippen molar-refractivity contribution in [2.75, 3.05) is 20.3 Å². The number of hydrogen-bond acceptors (Lipinski definition) is 3. The first-order chi connectivity index (χ1) is 6.29. The lowest BCUT2D eigenvalue weighted by Gasteiger charge is -2.25. The number of methoxy groups -OCH3 is 1. The number of halogens is 1. The summed E-state index contributed by atoms with van der Waals surface area (Å²) in [6.45, 7) is 1.54. The van der Waals surface area contributed by atoms with E-state index in [0.29, 0.717) is 11.8 Å². The van der Waals surface area contributed by atoms with Crippen LogP contribution in [0.4, 0.5) is 0 Å². The SMILES string of the molecule is COc1cc(Br)cc(C2COC2)n1. The molecule has 0 N–H and O–H groups in total. The van der Waals surface area contributed by atoms with Gasteiger partial charge in [-0.3, -0.25) is 0 Å². The predicted octanol–water partition coefficient (Wildman–Crippen LogP) is 1.97. The van der Waals surface area contributed by atoms with E-state index in [0.717, 1.165) is 23.4 Å². The van der Waals surface area contributed by atoms with Crippen LogP contribution in [-0.2, 0) is 4.74 Å². The highest BCUT2D eigenvalue weighted by molar-refractivity contribution is 9.10. The molecule has 1 aromatic heterocycles. The molecule has 0 bridgehead atoms. The Hall–Kier alpha value is -0.610. The molecule has 13 heavy (non-hydrogen) atoms. The van der Waals surface area contributed by atoms with Gasteiger partial charge in [-0.25, -0.2) is 4.98 Å². The normalized spacial score (nSPS) is 16.8. The van der Waals surface area contributed by atoms with Crippen LogP contribution in [0.5, 0.6) is 5.88 Å². The van der Waals surface area contributed by atoms with Crippen LogP contribution in [-0.4, -0.2) is 25.3 Å². The van der Waals surface area contributed by atoms with Gasteiger partial charge < -0.3 is 9.47 Å². The van der Waals surface area contributed by atoms with Crippen molar-refractivity contribution in [1.29, 1.82) is 0 Å². The van der Waals surface area contributed by atoms with Gasteiger partial charge in [0.25, 0.3) is 0 Å². The van der Waals surface area contributed by atoms with Crippen LogP contribution in [0.3, 0.4) is 0 Å². The summed E-state index contributed by atoms with van der Waals surface area (Å²) in [5.74, 6) is 1.09. The Labute approximate surface area is 85.2 Å². The molecule has 2 rings (SSSR count). The van der Waals surface area contributed by atoms with Gasteiger partial charge in [-0.2, -0.15) is 0 Å². The zero-order valence-electron chi connectivity index (χ0n) is 7.29. The zero-order chi connectivity index (χ0) is 9.26. The van der Waals surface area contributed by atoms with Gasteiger partial charge in [0, 0.05) is 16.5 Å². The third-order valence-corrected chi connectivity index (χ3v) is 2.51. The monoisotopic (exact) mass is 243 g/mol. The highest BCUT2D eigenvalue weighted by Crippen LogP contribution is 2.27. The number of pyridine rings is 1. The minimum absolute atomic E-state index is 0.436. The molecular weight excluding hydrogens is 234 g/mol. The summed E-state index contributed by atoms with van der Waals surface area (Å²) >= 11 is 3.41. The first-order valence-corrected chi connectivity index (χ1v) is 4.88. The van der Waals surface area contributed by atoms with Crippen LogP contribution in [0.2, 0.25) is 0 Å². The van der Waals surface area contributed by atoms with Gasteiger partial charge in [0.15, 0.2) is 0 Å². The van der Waals surface area contributed by atoms with Gasteiger partial charge in [0.05, 0.1) is 26.0 Å². The summed E-state index contributed by atoms with van der Waals surface area (Å²) in [6.07, 6.45) is 0. The summed E-state index contributed by atoms with van der Waals surface area (Å²) in [7, 11) is 1.62. The maximum absolute atomic E-state index is 5.11. The van der Waals surface area contributed by atoms with Gasteiger partial charge in [0.2, 0.25) is 5.88 Å². The first kappa shape index (κ1) is 8.97. The number of hydrogen-bond donors (Lipinski definition) is 0. The Morgan fingerprint density at radius 3 is 2.85 bits per heavy atom. The Kier molecular flexibility index (Phi) is 2.51. The predicted molar refractivity (Wildman–Crippen MR) is 52.0 cm³/mol. The summed E-state index contributed by atoms with van der Waals surface area (Å²) in [5.41, 5.74) is 1.04. The lowest BCUT2D eigenvalue weighted by atomic mass is 10.0. The van der Waals surface area contributed by atoms with E-state index in [4.69, 9.17) is 9.47 Å². The molecule has 0 spiro atoms. The van der Waals surface area contributed by atoms with E-state index in [-0.39, 0.29) is 0 Å². The van der Waals surface area contributed by atoms with Crippen LogP contribution in [0, 0.1) is 0 Å². The van der Waals surface area contributed by atoms with E-state index in [2.05, 4.69) is 20.9 Å². The van der Waals surface area contributed by atoms with Gasteiger partial charge in [-0.15, -0.1) is 0 Å². The van der Waals surface area contributed by atoms with Crippen molar-refractivity contribution in [3.05, 3.63) is 22.3 Å². The van der Waals surface area contributed by atoms with Gasteiger partial charge in [-0.1, -0.05) is 15.9 Å². The summed E-state index contributed by atoms with van der Waals surface area (Å²) in [5, 5.41) is 0. The Balaban J connectivity index is 2.28. The van der Waals surface area contributed by atoms with Crippen molar-refractivity contribution in [1.82, 2.24) is 4.98 Å². The lowest BCUT2D eigenvalue weighted by molar-refractivity contribution is 0.00652. The van der Waals surface area contributed by atoms with Crippen molar-refractivity contribution >= 4 is 15.9 Å². The highest BCUT2D eigenvalue weighted by atomic mass is 79.9. The second-order valence-corrected chi connectivity index (χ2v) is 3.90.